The number of hydrogen-bond acceptors (Lipinski definition) is 4. The zero-order chi connectivity index (χ0) is 15.4. The van der Waals surface area contributed by atoms with E-state index in [4.69, 9.17) is 0 Å². The molecule has 120 valence electrons. The quantitative estimate of drug-likeness (QED) is 0.891. The number of amides is 1. The summed E-state index contributed by atoms with van der Waals surface area (Å²) in [6.07, 6.45) is 7.71. The fourth-order valence-electron chi connectivity index (χ4n) is 3.59. The van der Waals surface area contributed by atoms with Crippen molar-refractivity contribution in [2.75, 3.05) is 18.0 Å². The van der Waals surface area contributed by atoms with Gasteiger partial charge in [-0.2, -0.15) is 0 Å². The third kappa shape index (κ3) is 3.77. The normalized spacial score (nSPS) is 24.2. The molecule has 0 unspecified atom stereocenters. The summed E-state index contributed by atoms with van der Waals surface area (Å²) in [6, 6.07) is 6.03. The second-order valence-corrected chi connectivity index (χ2v) is 6.65. The van der Waals surface area contributed by atoms with Gasteiger partial charge in [0.1, 0.15) is 5.82 Å². The molecule has 1 aromatic heterocycles. The van der Waals surface area contributed by atoms with E-state index < -0.39 is 5.60 Å². The third-order valence-electron chi connectivity index (χ3n) is 4.80. The first kappa shape index (κ1) is 15.3. The van der Waals surface area contributed by atoms with Gasteiger partial charge in [0.25, 0.3) is 0 Å². The lowest BCUT2D eigenvalue weighted by molar-refractivity contribution is -0.128. The number of rotatable bonds is 4. The van der Waals surface area contributed by atoms with Crippen LogP contribution in [0.3, 0.4) is 0 Å². The predicted molar refractivity (Wildman–Crippen MR) is 85.6 cm³/mol. The molecule has 3 rings (SSSR count). The van der Waals surface area contributed by atoms with E-state index in [0.717, 1.165) is 51.0 Å². The molecule has 22 heavy (non-hydrogen) atoms. The Bertz CT molecular complexity index is 500. The van der Waals surface area contributed by atoms with Crippen molar-refractivity contribution < 1.29 is 9.90 Å². The molecule has 1 aliphatic carbocycles. The monoisotopic (exact) mass is 303 g/mol. The van der Waals surface area contributed by atoms with Gasteiger partial charge in [0, 0.05) is 25.3 Å². The van der Waals surface area contributed by atoms with E-state index in [-0.39, 0.29) is 18.4 Å². The van der Waals surface area contributed by atoms with Gasteiger partial charge >= 0.3 is 0 Å². The number of nitrogens with one attached hydrogen (secondary N) is 1. The standard InChI is InChI=1S/C17H25N3O2/c21-16(12-17(22)8-3-1-4-9-17)19-14-7-11-20(13-14)15-6-2-5-10-18-15/h2,5-6,10,14,22H,1,3-4,7-9,11-13H2,(H,19,21)/t14-/m1/s1. The summed E-state index contributed by atoms with van der Waals surface area (Å²) < 4.78 is 0. The lowest BCUT2D eigenvalue weighted by Gasteiger charge is -2.31. The van der Waals surface area contributed by atoms with Crippen molar-refractivity contribution >= 4 is 11.7 Å². The van der Waals surface area contributed by atoms with Crippen LogP contribution < -0.4 is 10.2 Å². The summed E-state index contributed by atoms with van der Waals surface area (Å²) in [5, 5.41) is 13.5. The SMILES string of the molecule is O=C(CC1(O)CCCCC1)N[C@@H]1CCN(c2ccccn2)C1. The van der Waals surface area contributed by atoms with Gasteiger partial charge in [0.05, 0.1) is 12.0 Å². The Hall–Kier alpha value is -1.62. The van der Waals surface area contributed by atoms with E-state index in [1.807, 2.05) is 18.2 Å². The van der Waals surface area contributed by atoms with Crippen molar-refractivity contribution in [3.8, 4) is 0 Å². The Morgan fingerprint density at radius 3 is 2.91 bits per heavy atom. The third-order valence-corrected chi connectivity index (χ3v) is 4.80. The Morgan fingerprint density at radius 2 is 2.18 bits per heavy atom. The predicted octanol–water partition coefficient (Wildman–Crippen LogP) is 1.86. The maximum absolute atomic E-state index is 12.2. The Balaban J connectivity index is 1.48. The van der Waals surface area contributed by atoms with E-state index >= 15 is 0 Å². The van der Waals surface area contributed by atoms with Gasteiger partial charge in [-0.3, -0.25) is 4.79 Å². The van der Waals surface area contributed by atoms with Crippen molar-refractivity contribution in [1.29, 1.82) is 0 Å². The number of carbonyl (C=O) groups excluding carboxylic acids is 1. The molecular formula is C17H25N3O2. The van der Waals surface area contributed by atoms with Gasteiger partial charge in [-0.25, -0.2) is 4.98 Å². The highest BCUT2D eigenvalue weighted by Crippen LogP contribution is 2.30. The van der Waals surface area contributed by atoms with Crippen LogP contribution in [0.4, 0.5) is 5.82 Å². The van der Waals surface area contributed by atoms with E-state index in [1.54, 1.807) is 6.20 Å². The van der Waals surface area contributed by atoms with Crippen LogP contribution in [0, 0.1) is 0 Å². The van der Waals surface area contributed by atoms with Crippen LogP contribution in [0.2, 0.25) is 0 Å². The summed E-state index contributed by atoms with van der Waals surface area (Å²) in [6.45, 7) is 1.70. The van der Waals surface area contributed by atoms with Crippen LogP contribution in [-0.4, -0.2) is 40.7 Å². The molecule has 5 nitrogen and oxygen atoms in total. The molecule has 1 atom stereocenters. The number of aliphatic hydroxyl groups is 1. The number of anilines is 1. The maximum atomic E-state index is 12.2. The summed E-state index contributed by atoms with van der Waals surface area (Å²) in [5.74, 6) is 0.947. The number of carbonyl (C=O) groups is 1. The first-order valence-electron chi connectivity index (χ1n) is 8.32. The zero-order valence-electron chi connectivity index (χ0n) is 13.0. The number of hydrogen-bond donors (Lipinski definition) is 2. The second-order valence-electron chi connectivity index (χ2n) is 6.65. The number of nitrogens with zero attached hydrogens (tertiary/aromatic N) is 2. The van der Waals surface area contributed by atoms with Gasteiger partial charge in [-0.15, -0.1) is 0 Å². The fourth-order valence-corrected chi connectivity index (χ4v) is 3.59. The largest absolute Gasteiger partial charge is 0.389 e. The van der Waals surface area contributed by atoms with E-state index in [9.17, 15) is 9.90 Å². The van der Waals surface area contributed by atoms with Crippen LogP contribution >= 0.6 is 0 Å². The molecule has 0 aromatic carbocycles. The van der Waals surface area contributed by atoms with Gasteiger partial charge in [0.2, 0.25) is 5.91 Å². The summed E-state index contributed by atoms with van der Waals surface area (Å²) in [4.78, 5) is 18.8. The molecule has 1 amide bonds. The molecule has 0 bridgehead atoms. The molecule has 0 spiro atoms. The van der Waals surface area contributed by atoms with Gasteiger partial charge in [-0.1, -0.05) is 25.3 Å². The molecule has 5 heteroatoms. The molecule has 1 aromatic rings. The van der Waals surface area contributed by atoms with Crippen molar-refractivity contribution in [3.05, 3.63) is 24.4 Å². The Kier molecular flexibility index (Phi) is 4.62. The minimum atomic E-state index is -0.776. The first-order chi connectivity index (χ1) is 10.6. The van der Waals surface area contributed by atoms with Crippen LogP contribution in [-0.2, 0) is 4.79 Å². The molecule has 2 heterocycles. The van der Waals surface area contributed by atoms with Crippen molar-refractivity contribution in [3.63, 3.8) is 0 Å². The number of aromatic nitrogens is 1. The molecule has 1 saturated heterocycles. The topological polar surface area (TPSA) is 65.5 Å². The van der Waals surface area contributed by atoms with E-state index in [0.29, 0.717) is 0 Å². The van der Waals surface area contributed by atoms with E-state index in [1.165, 1.54) is 6.42 Å². The highest BCUT2D eigenvalue weighted by Gasteiger charge is 2.33. The minimum Gasteiger partial charge on any atom is -0.389 e. The minimum absolute atomic E-state index is 0.0164. The van der Waals surface area contributed by atoms with Crippen molar-refractivity contribution in [2.24, 2.45) is 0 Å². The molecule has 2 N–H and O–H groups in total. The molecule has 1 saturated carbocycles. The summed E-state index contributed by atoms with van der Waals surface area (Å²) in [5.41, 5.74) is -0.776. The highest BCUT2D eigenvalue weighted by molar-refractivity contribution is 5.77. The van der Waals surface area contributed by atoms with Crippen LogP contribution in [0.1, 0.15) is 44.9 Å². The van der Waals surface area contributed by atoms with Gasteiger partial charge < -0.3 is 15.3 Å². The smallest absolute Gasteiger partial charge is 0.223 e. The highest BCUT2D eigenvalue weighted by atomic mass is 16.3. The fraction of sp³-hybridized carbons (Fsp3) is 0.647. The lowest BCUT2D eigenvalue weighted by atomic mass is 9.82. The maximum Gasteiger partial charge on any atom is 0.223 e. The first-order valence-corrected chi connectivity index (χ1v) is 8.32. The van der Waals surface area contributed by atoms with Gasteiger partial charge in [0.15, 0.2) is 0 Å². The summed E-state index contributed by atoms with van der Waals surface area (Å²) in [7, 11) is 0. The number of pyridine rings is 1. The molecule has 2 fully saturated rings. The Morgan fingerprint density at radius 1 is 1.36 bits per heavy atom. The molecular weight excluding hydrogens is 278 g/mol. The summed E-state index contributed by atoms with van der Waals surface area (Å²) >= 11 is 0. The van der Waals surface area contributed by atoms with Crippen molar-refractivity contribution in [1.82, 2.24) is 10.3 Å². The second kappa shape index (κ2) is 6.65. The lowest BCUT2D eigenvalue weighted by Crippen LogP contribution is -2.43. The van der Waals surface area contributed by atoms with Gasteiger partial charge in [-0.05, 0) is 31.4 Å². The van der Waals surface area contributed by atoms with E-state index in [2.05, 4.69) is 15.2 Å². The van der Waals surface area contributed by atoms with Crippen molar-refractivity contribution in [2.45, 2.75) is 56.6 Å². The average Bonchev–Trinajstić information content (AvgIpc) is 2.96. The van der Waals surface area contributed by atoms with Crippen LogP contribution in [0.15, 0.2) is 24.4 Å². The average molecular weight is 303 g/mol. The van der Waals surface area contributed by atoms with Crippen LogP contribution in [0.5, 0.6) is 0 Å². The molecule has 1 aliphatic heterocycles. The molecule has 2 aliphatic rings. The molecule has 0 radical (unpaired) electrons. The zero-order valence-corrected chi connectivity index (χ0v) is 13.0. The Labute approximate surface area is 131 Å². The van der Waals surface area contributed by atoms with Crippen LogP contribution in [0.25, 0.3) is 0 Å².